The molecule has 8 nitrogen and oxygen atoms in total. The molecule has 39 heavy (non-hydrogen) atoms. The molecule has 0 aliphatic carbocycles. The summed E-state index contributed by atoms with van der Waals surface area (Å²) in [6, 6.07) is 7.64. The largest absolute Gasteiger partial charge is 0.459 e. The highest BCUT2D eigenvalue weighted by molar-refractivity contribution is 5.72. The highest BCUT2D eigenvalue weighted by Gasteiger charge is 2.37. The summed E-state index contributed by atoms with van der Waals surface area (Å²) < 4.78 is 52.9. The lowest BCUT2D eigenvalue weighted by Crippen LogP contribution is -2.38. The lowest BCUT2D eigenvalue weighted by Gasteiger charge is -2.37. The Kier molecular flexibility index (Phi) is 8.29. The first kappa shape index (κ1) is 28.5. The average molecular weight is 546 g/mol. The fourth-order valence-corrected chi connectivity index (χ4v) is 4.69. The Morgan fingerprint density at radius 3 is 2.62 bits per heavy atom. The number of piperidine rings is 1. The van der Waals surface area contributed by atoms with Crippen molar-refractivity contribution in [3.63, 3.8) is 0 Å². The molecular formula is C28H34F3N5O3. The van der Waals surface area contributed by atoms with Gasteiger partial charge in [-0.1, -0.05) is 5.16 Å². The van der Waals surface area contributed by atoms with Crippen LogP contribution in [0.25, 0.3) is 22.8 Å². The Hall–Kier alpha value is -3.47. The second kappa shape index (κ2) is 11.3. The Balaban J connectivity index is 1.53. The fourth-order valence-electron chi connectivity index (χ4n) is 4.69. The highest BCUT2D eigenvalue weighted by Crippen LogP contribution is 2.41. The predicted octanol–water partition coefficient (Wildman–Crippen LogP) is 5.97. The zero-order valence-corrected chi connectivity index (χ0v) is 22.9. The van der Waals surface area contributed by atoms with E-state index in [-0.39, 0.29) is 41.5 Å². The van der Waals surface area contributed by atoms with Crippen molar-refractivity contribution in [3.8, 4) is 22.8 Å². The summed E-state index contributed by atoms with van der Waals surface area (Å²) in [4.78, 5) is 24.4. The van der Waals surface area contributed by atoms with Crippen LogP contribution in [0, 0.1) is 0 Å². The first-order valence-corrected chi connectivity index (χ1v) is 13.0. The molecule has 0 bridgehead atoms. The number of alkyl halides is 3. The summed E-state index contributed by atoms with van der Waals surface area (Å²) in [5, 5.41) is 3.99. The molecule has 1 atom stereocenters. The van der Waals surface area contributed by atoms with Gasteiger partial charge >= 0.3 is 12.1 Å². The molecule has 1 aromatic carbocycles. The van der Waals surface area contributed by atoms with E-state index in [0.29, 0.717) is 24.3 Å². The second-order valence-corrected chi connectivity index (χ2v) is 11.0. The van der Waals surface area contributed by atoms with Gasteiger partial charge in [-0.3, -0.25) is 14.7 Å². The van der Waals surface area contributed by atoms with E-state index in [1.165, 1.54) is 6.07 Å². The van der Waals surface area contributed by atoms with Crippen LogP contribution in [-0.2, 0) is 22.3 Å². The Labute approximate surface area is 226 Å². The van der Waals surface area contributed by atoms with E-state index in [1.807, 2.05) is 32.6 Å². The standard InChI is InChI=1S/C28H34F3N5O3/c1-18-8-6-7-13-36(18)23-10-9-20(15-22(23)28(29,30)31)26-33-25(34-39-26)19-11-12-32-21(14-19)16-35(5)17-24(37)38-27(2,3)4/h9-12,14-15,18H,6-8,13,16-17H2,1-5H3. The number of benzene rings is 1. The third-order valence-electron chi connectivity index (χ3n) is 6.41. The summed E-state index contributed by atoms with van der Waals surface area (Å²) in [7, 11) is 1.78. The number of carbonyl (C=O) groups is 1. The van der Waals surface area contributed by atoms with Gasteiger partial charge in [-0.2, -0.15) is 18.2 Å². The molecule has 2 aromatic heterocycles. The number of anilines is 1. The lowest BCUT2D eigenvalue weighted by atomic mass is 9.99. The maximum absolute atomic E-state index is 14.1. The number of esters is 1. The molecule has 210 valence electrons. The van der Waals surface area contributed by atoms with E-state index in [9.17, 15) is 18.0 Å². The van der Waals surface area contributed by atoms with Crippen molar-refractivity contribution in [3.05, 3.63) is 47.8 Å². The molecule has 0 amide bonds. The molecule has 11 heteroatoms. The van der Waals surface area contributed by atoms with Crippen LogP contribution in [0.1, 0.15) is 58.2 Å². The highest BCUT2D eigenvalue weighted by atomic mass is 19.4. The number of aromatic nitrogens is 3. The van der Waals surface area contributed by atoms with Crippen LogP contribution in [0.2, 0.25) is 0 Å². The first-order chi connectivity index (χ1) is 18.3. The Morgan fingerprint density at radius 1 is 1.15 bits per heavy atom. The van der Waals surface area contributed by atoms with Gasteiger partial charge in [0.05, 0.1) is 17.8 Å². The minimum Gasteiger partial charge on any atom is -0.459 e. The maximum Gasteiger partial charge on any atom is 0.418 e. The average Bonchev–Trinajstić information content (AvgIpc) is 3.33. The Morgan fingerprint density at radius 2 is 1.92 bits per heavy atom. The number of hydrogen-bond acceptors (Lipinski definition) is 8. The van der Waals surface area contributed by atoms with Gasteiger partial charge in [-0.25, -0.2) is 0 Å². The number of halogens is 3. The number of pyridine rings is 1. The number of likely N-dealkylation sites (N-methyl/N-ethyl adjacent to an activating group) is 1. The molecule has 1 aliphatic rings. The third-order valence-corrected chi connectivity index (χ3v) is 6.41. The van der Waals surface area contributed by atoms with Gasteiger partial charge < -0.3 is 14.2 Å². The lowest BCUT2D eigenvalue weighted by molar-refractivity contribution is -0.155. The summed E-state index contributed by atoms with van der Waals surface area (Å²) in [5.74, 6) is -0.122. The molecular weight excluding hydrogens is 511 g/mol. The normalized spacial score (nSPS) is 16.5. The van der Waals surface area contributed by atoms with Crippen molar-refractivity contribution in [1.29, 1.82) is 0 Å². The van der Waals surface area contributed by atoms with E-state index in [0.717, 1.165) is 25.3 Å². The summed E-state index contributed by atoms with van der Waals surface area (Å²) in [6.07, 6.45) is -0.217. The molecule has 1 fully saturated rings. The van der Waals surface area contributed by atoms with E-state index < -0.39 is 17.3 Å². The molecule has 0 N–H and O–H groups in total. The van der Waals surface area contributed by atoms with Gasteiger partial charge in [0.25, 0.3) is 5.89 Å². The van der Waals surface area contributed by atoms with Crippen molar-refractivity contribution in [2.45, 2.75) is 71.3 Å². The van der Waals surface area contributed by atoms with Gasteiger partial charge in [-0.05, 0) is 84.3 Å². The molecule has 4 rings (SSSR count). The van der Waals surface area contributed by atoms with Crippen molar-refractivity contribution in [2.75, 3.05) is 25.0 Å². The van der Waals surface area contributed by atoms with E-state index in [4.69, 9.17) is 9.26 Å². The monoisotopic (exact) mass is 545 g/mol. The van der Waals surface area contributed by atoms with Gasteiger partial charge in [0.2, 0.25) is 5.82 Å². The molecule has 0 spiro atoms. The van der Waals surface area contributed by atoms with Gasteiger partial charge in [-0.15, -0.1) is 0 Å². The molecule has 3 heterocycles. The van der Waals surface area contributed by atoms with Crippen LogP contribution in [0.15, 0.2) is 41.1 Å². The predicted molar refractivity (Wildman–Crippen MR) is 141 cm³/mol. The number of hydrogen-bond donors (Lipinski definition) is 0. The van der Waals surface area contributed by atoms with Crippen LogP contribution < -0.4 is 4.90 Å². The number of nitrogens with zero attached hydrogens (tertiary/aromatic N) is 5. The van der Waals surface area contributed by atoms with Crippen LogP contribution in [0.3, 0.4) is 0 Å². The van der Waals surface area contributed by atoms with Gasteiger partial charge in [0.1, 0.15) is 5.60 Å². The summed E-state index contributed by atoms with van der Waals surface area (Å²) in [5.41, 5.74) is 0.334. The molecule has 0 saturated carbocycles. The van der Waals surface area contributed by atoms with Crippen molar-refractivity contribution >= 4 is 11.7 Å². The van der Waals surface area contributed by atoms with Crippen LogP contribution >= 0.6 is 0 Å². The van der Waals surface area contributed by atoms with E-state index in [2.05, 4.69) is 15.1 Å². The maximum atomic E-state index is 14.1. The summed E-state index contributed by atoms with van der Waals surface area (Å²) in [6.45, 7) is 8.42. The minimum absolute atomic E-state index is 0.00542. The molecule has 0 radical (unpaired) electrons. The first-order valence-electron chi connectivity index (χ1n) is 13.0. The van der Waals surface area contributed by atoms with Gasteiger partial charge in [0, 0.05) is 42.1 Å². The van der Waals surface area contributed by atoms with Crippen LogP contribution in [0.5, 0.6) is 0 Å². The minimum atomic E-state index is -4.53. The number of carbonyl (C=O) groups excluding carboxylic acids is 1. The zero-order valence-electron chi connectivity index (χ0n) is 22.9. The fraction of sp³-hybridized carbons (Fsp3) is 0.500. The third kappa shape index (κ3) is 7.35. The van der Waals surface area contributed by atoms with Crippen molar-refractivity contribution in [2.24, 2.45) is 0 Å². The van der Waals surface area contributed by atoms with E-state index >= 15 is 0 Å². The zero-order chi connectivity index (χ0) is 28.4. The van der Waals surface area contributed by atoms with E-state index in [1.54, 1.807) is 36.3 Å². The Bertz CT molecular complexity index is 1300. The quantitative estimate of drug-likeness (QED) is 0.336. The number of rotatable bonds is 7. The summed E-state index contributed by atoms with van der Waals surface area (Å²) >= 11 is 0. The second-order valence-electron chi connectivity index (χ2n) is 11.0. The van der Waals surface area contributed by atoms with Crippen LogP contribution in [-0.4, -0.2) is 57.8 Å². The molecule has 3 aromatic rings. The van der Waals surface area contributed by atoms with Crippen LogP contribution in [0.4, 0.5) is 18.9 Å². The SMILES string of the molecule is CC1CCCCN1c1ccc(-c2nc(-c3ccnc(CN(C)CC(=O)OC(C)(C)C)c3)no2)cc1C(F)(F)F. The smallest absolute Gasteiger partial charge is 0.418 e. The topological polar surface area (TPSA) is 84.6 Å². The van der Waals surface area contributed by atoms with Crippen molar-refractivity contribution < 1.29 is 27.2 Å². The number of ether oxygens (including phenoxy) is 1. The molecule has 1 saturated heterocycles. The van der Waals surface area contributed by atoms with Gasteiger partial charge in [0.15, 0.2) is 0 Å². The molecule has 1 aliphatic heterocycles. The molecule has 1 unspecified atom stereocenters. The van der Waals surface area contributed by atoms with Crippen molar-refractivity contribution in [1.82, 2.24) is 20.0 Å².